The first kappa shape index (κ1) is 20.9. The van der Waals surface area contributed by atoms with E-state index < -0.39 is 27.6 Å². The molecule has 0 fully saturated rings. The summed E-state index contributed by atoms with van der Waals surface area (Å²) in [4.78, 5) is 12.7. The van der Waals surface area contributed by atoms with Crippen LogP contribution in [-0.4, -0.2) is 52.6 Å². The largest absolute Gasteiger partial charge is 0.349 e. The molecule has 1 atom stereocenters. The number of rotatable bonds is 6. The van der Waals surface area contributed by atoms with Crippen LogP contribution in [0.3, 0.4) is 0 Å². The maximum atomic E-state index is 13.4. The van der Waals surface area contributed by atoms with Crippen LogP contribution >= 0.6 is 11.6 Å². The smallest absolute Gasteiger partial charge is 0.251 e. The van der Waals surface area contributed by atoms with Crippen LogP contribution in [0.5, 0.6) is 0 Å². The van der Waals surface area contributed by atoms with Crippen molar-refractivity contribution in [2.24, 2.45) is 0 Å². The predicted molar refractivity (Wildman–Crippen MR) is 106 cm³/mol. The van der Waals surface area contributed by atoms with Crippen molar-refractivity contribution >= 4 is 27.3 Å². The summed E-state index contributed by atoms with van der Waals surface area (Å²) in [5.74, 6) is -1.15. The van der Waals surface area contributed by atoms with Gasteiger partial charge in [-0.2, -0.15) is 0 Å². The molecule has 11 heteroatoms. The van der Waals surface area contributed by atoms with Gasteiger partial charge in [0.25, 0.3) is 5.91 Å². The number of carbonyl (C=O) groups is 1. The second kappa shape index (κ2) is 8.26. The molecule has 0 saturated carbocycles. The van der Waals surface area contributed by atoms with E-state index >= 15 is 0 Å². The third kappa shape index (κ3) is 5.36. The lowest BCUT2D eigenvalue weighted by atomic mass is 10.0. The van der Waals surface area contributed by atoms with Gasteiger partial charge in [0, 0.05) is 23.4 Å². The third-order valence-electron chi connectivity index (χ3n) is 3.97. The molecular weight excluding hydrogens is 421 g/mol. The maximum Gasteiger partial charge on any atom is 0.251 e. The Morgan fingerprint density at radius 2 is 2.03 bits per heavy atom. The van der Waals surface area contributed by atoms with Gasteiger partial charge in [0.05, 0.1) is 16.5 Å². The summed E-state index contributed by atoms with van der Waals surface area (Å²) in [5.41, 5.74) is 1.78. The van der Waals surface area contributed by atoms with Crippen molar-refractivity contribution in [1.82, 2.24) is 25.5 Å². The highest BCUT2D eigenvalue weighted by atomic mass is 35.5. The molecule has 152 valence electrons. The van der Waals surface area contributed by atoms with E-state index in [9.17, 15) is 17.6 Å². The fraction of sp³-hybridized carbons (Fsp3) is 0.222. The highest BCUT2D eigenvalue weighted by Gasteiger charge is 2.17. The van der Waals surface area contributed by atoms with E-state index in [1.54, 1.807) is 25.1 Å². The van der Waals surface area contributed by atoms with Gasteiger partial charge in [-0.05, 0) is 59.3 Å². The first-order chi connectivity index (χ1) is 13.6. The van der Waals surface area contributed by atoms with E-state index in [-0.39, 0.29) is 16.3 Å². The second-order valence-corrected chi connectivity index (χ2v) is 9.21. The summed E-state index contributed by atoms with van der Waals surface area (Å²) in [6, 6.07) is 8.19. The number of hydrogen-bond donors (Lipinski definition) is 1. The first-order valence-corrected chi connectivity index (χ1v) is 10.9. The van der Waals surface area contributed by atoms with Gasteiger partial charge in [-0.25, -0.2) is 17.5 Å². The molecule has 1 amide bonds. The van der Waals surface area contributed by atoms with Crippen molar-refractivity contribution < 1.29 is 17.6 Å². The Morgan fingerprint density at radius 1 is 1.28 bits per heavy atom. The van der Waals surface area contributed by atoms with Crippen LogP contribution in [0.15, 0.2) is 42.7 Å². The van der Waals surface area contributed by atoms with E-state index in [0.717, 1.165) is 6.26 Å². The molecule has 0 aliphatic rings. The lowest BCUT2D eigenvalue weighted by Gasteiger charge is -2.15. The minimum absolute atomic E-state index is 0.177. The molecule has 29 heavy (non-hydrogen) atoms. The van der Waals surface area contributed by atoms with E-state index in [0.29, 0.717) is 16.8 Å². The van der Waals surface area contributed by atoms with Gasteiger partial charge in [0.2, 0.25) is 0 Å². The number of nitrogens with zero attached hydrogens (tertiary/aromatic N) is 4. The van der Waals surface area contributed by atoms with Gasteiger partial charge in [0.15, 0.2) is 0 Å². The Bertz CT molecular complexity index is 1150. The number of benzene rings is 2. The minimum atomic E-state index is -3.25. The molecule has 2 aromatic carbocycles. The zero-order chi connectivity index (χ0) is 21.2. The molecule has 1 heterocycles. The van der Waals surface area contributed by atoms with Crippen molar-refractivity contribution in [2.45, 2.75) is 13.0 Å². The highest BCUT2D eigenvalue weighted by molar-refractivity contribution is 7.90. The molecule has 0 bridgehead atoms. The van der Waals surface area contributed by atoms with Crippen molar-refractivity contribution in [3.05, 3.63) is 59.1 Å². The molecule has 3 aromatic rings. The molecule has 1 aromatic heterocycles. The van der Waals surface area contributed by atoms with Crippen LogP contribution < -0.4 is 5.32 Å². The number of nitrogens with one attached hydrogen (secondary N) is 1. The summed E-state index contributed by atoms with van der Waals surface area (Å²) in [7, 11) is -3.25. The molecule has 0 aliphatic heterocycles. The molecule has 1 N–H and O–H groups in total. The first-order valence-electron chi connectivity index (χ1n) is 8.45. The zero-order valence-electron chi connectivity index (χ0n) is 15.5. The number of halogens is 2. The number of tetrazole rings is 1. The molecule has 0 aliphatic carbocycles. The van der Waals surface area contributed by atoms with Crippen LogP contribution in [0, 0.1) is 5.82 Å². The van der Waals surface area contributed by atoms with Crippen molar-refractivity contribution in [3.8, 4) is 16.8 Å². The normalized spacial score (nSPS) is 12.6. The van der Waals surface area contributed by atoms with Gasteiger partial charge in [-0.3, -0.25) is 4.79 Å². The SMILES string of the molecule is CC(CS(C)(=O)=O)NC(=O)c1cc(-c2ccc(F)cc2Cl)cc(-n2cnnn2)c1. The van der Waals surface area contributed by atoms with Crippen LogP contribution in [0.2, 0.25) is 5.02 Å². The Hall–Kier alpha value is -2.85. The van der Waals surface area contributed by atoms with Gasteiger partial charge in [-0.1, -0.05) is 11.6 Å². The zero-order valence-corrected chi connectivity index (χ0v) is 17.1. The van der Waals surface area contributed by atoms with Crippen molar-refractivity contribution in [3.63, 3.8) is 0 Å². The third-order valence-corrected chi connectivity index (χ3v) is 5.38. The van der Waals surface area contributed by atoms with E-state index in [1.165, 1.54) is 29.2 Å². The topological polar surface area (TPSA) is 107 Å². The summed E-state index contributed by atoms with van der Waals surface area (Å²) < 4.78 is 37.7. The van der Waals surface area contributed by atoms with Gasteiger partial charge in [-0.15, -0.1) is 5.10 Å². The summed E-state index contributed by atoms with van der Waals surface area (Å²) in [6.45, 7) is 1.60. The van der Waals surface area contributed by atoms with Crippen LogP contribution in [0.4, 0.5) is 4.39 Å². The van der Waals surface area contributed by atoms with E-state index in [1.807, 2.05) is 0 Å². The second-order valence-electron chi connectivity index (χ2n) is 6.61. The quantitative estimate of drug-likeness (QED) is 0.634. The number of aromatic nitrogens is 4. The maximum absolute atomic E-state index is 13.4. The molecular formula is C18H17ClFN5O3S. The Balaban J connectivity index is 2.02. The van der Waals surface area contributed by atoms with Gasteiger partial charge < -0.3 is 5.32 Å². The van der Waals surface area contributed by atoms with Crippen LogP contribution in [0.1, 0.15) is 17.3 Å². The number of sulfone groups is 1. The van der Waals surface area contributed by atoms with Crippen LogP contribution in [-0.2, 0) is 9.84 Å². The summed E-state index contributed by atoms with van der Waals surface area (Å²) in [6.07, 6.45) is 2.46. The highest BCUT2D eigenvalue weighted by Crippen LogP contribution is 2.31. The number of hydrogen-bond acceptors (Lipinski definition) is 6. The average Bonchev–Trinajstić information content (AvgIpc) is 3.14. The molecule has 1 unspecified atom stereocenters. The fourth-order valence-electron chi connectivity index (χ4n) is 2.84. The molecule has 0 spiro atoms. The number of carbonyl (C=O) groups excluding carboxylic acids is 1. The average molecular weight is 438 g/mol. The monoisotopic (exact) mass is 437 g/mol. The van der Waals surface area contributed by atoms with Gasteiger partial charge in [0.1, 0.15) is 22.0 Å². The predicted octanol–water partition coefficient (Wildman–Crippen LogP) is 2.28. The Morgan fingerprint density at radius 3 is 2.66 bits per heavy atom. The van der Waals surface area contributed by atoms with E-state index in [4.69, 9.17) is 11.6 Å². The Labute approximate surface area is 171 Å². The van der Waals surface area contributed by atoms with Gasteiger partial charge >= 0.3 is 0 Å². The standard InChI is InChI=1S/C18H17ClFN5O3S/c1-11(9-29(2,27)28)22-18(26)13-5-12(16-4-3-14(20)8-17(16)19)6-15(7-13)25-10-21-23-24-25/h3-8,10-11H,9H2,1-2H3,(H,22,26). The summed E-state index contributed by atoms with van der Waals surface area (Å²) in [5, 5.41) is 13.8. The van der Waals surface area contributed by atoms with Crippen molar-refractivity contribution in [1.29, 1.82) is 0 Å². The lowest BCUT2D eigenvalue weighted by molar-refractivity contribution is 0.0943. The fourth-order valence-corrected chi connectivity index (χ4v) is 4.10. The van der Waals surface area contributed by atoms with E-state index in [2.05, 4.69) is 20.8 Å². The van der Waals surface area contributed by atoms with Crippen molar-refractivity contribution in [2.75, 3.05) is 12.0 Å². The lowest BCUT2D eigenvalue weighted by Crippen LogP contribution is -2.37. The molecule has 8 nitrogen and oxygen atoms in total. The number of amides is 1. The summed E-state index contributed by atoms with van der Waals surface area (Å²) >= 11 is 6.18. The molecule has 3 rings (SSSR count). The van der Waals surface area contributed by atoms with Crippen LogP contribution in [0.25, 0.3) is 16.8 Å². The Kier molecular flexibility index (Phi) is 5.94. The minimum Gasteiger partial charge on any atom is -0.349 e. The molecule has 0 radical (unpaired) electrons. The molecule has 0 saturated heterocycles.